The van der Waals surface area contributed by atoms with Crippen molar-refractivity contribution in [1.29, 1.82) is 0 Å². The molecule has 7 heteroatoms. The van der Waals surface area contributed by atoms with Crippen molar-refractivity contribution in [3.8, 4) is 0 Å². The van der Waals surface area contributed by atoms with Crippen LogP contribution in [0.3, 0.4) is 0 Å². The molecule has 1 aliphatic rings. The Morgan fingerprint density at radius 1 is 1.38 bits per heavy atom. The van der Waals surface area contributed by atoms with Gasteiger partial charge in [0.1, 0.15) is 5.54 Å². The smallest absolute Gasteiger partial charge is 0.329 e. The summed E-state index contributed by atoms with van der Waals surface area (Å²) in [7, 11) is 0. The van der Waals surface area contributed by atoms with Gasteiger partial charge in [0.15, 0.2) is 0 Å². The lowest BCUT2D eigenvalue weighted by atomic mass is 9.77. The van der Waals surface area contributed by atoms with Gasteiger partial charge in [-0.1, -0.05) is 12.1 Å². The molecule has 0 bridgehead atoms. The number of nitrogens with zero attached hydrogens (tertiary/aromatic N) is 1. The van der Waals surface area contributed by atoms with Crippen molar-refractivity contribution in [3.05, 3.63) is 46.0 Å². The summed E-state index contributed by atoms with van der Waals surface area (Å²) in [5, 5.41) is 22.2. The summed E-state index contributed by atoms with van der Waals surface area (Å²) >= 11 is 0. The average Bonchev–Trinajstić information content (AvgIpc) is 2.40. The van der Waals surface area contributed by atoms with Gasteiger partial charge in [0, 0.05) is 18.2 Å². The van der Waals surface area contributed by atoms with Crippen LogP contribution in [0.5, 0.6) is 0 Å². The Morgan fingerprint density at radius 3 is 2.62 bits per heavy atom. The number of hydrogen-bond donors (Lipinski definition) is 2. The number of nitro groups is 1. The molecule has 110 valence electrons. The lowest BCUT2D eigenvalue weighted by Gasteiger charge is -2.37. The molecule has 0 aliphatic heterocycles. The maximum atomic E-state index is 11.8. The summed E-state index contributed by atoms with van der Waals surface area (Å²) in [6.07, 6.45) is 4.19. The van der Waals surface area contributed by atoms with Gasteiger partial charge in [-0.05, 0) is 30.9 Å². The van der Waals surface area contributed by atoms with Crippen LogP contribution in [-0.2, 0) is 9.59 Å². The van der Waals surface area contributed by atoms with E-state index >= 15 is 0 Å². The van der Waals surface area contributed by atoms with Crippen LogP contribution in [0, 0.1) is 10.1 Å². The monoisotopic (exact) mass is 290 g/mol. The van der Waals surface area contributed by atoms with Crippen LogP contribution in [0.1, 0.15) is 24.8 Å². The van der Waals surface area contributed by atoms with Crippen LogP contribution >= 0.6 is 0 Å². The van der Waals surface area contributed by atoms with Crippen molar-refractivity contribution < 1.29 is 19.6 Å². The largest absolute Gasteiger partial charge is 0.480 e. The molecule has 1 fully saturated rings. The predicted octanol–water partition coefficient (Wildman–Crippen LogP) is 1.73. The minimum Gasteiger partial charge on any atom is -0.480 e. The molecule has 21 heavy (non-hydrogen) atoms. The van der Waals surface area contributed by atoms with Gasteiger partial charge in [0.2, 0.25) is 5.91 Å². The van der Waals surface area contributed by atoms with E-state index in [0.717, 1.165) is 6.42 Å². The molecule has 0 radical (unpaired) electrons. The Balaban J connectivity index is 2.04. The molecule has 1 saturated carbocycles. The zero-order valence-electron chi connectivity index (χ0n) is 11.1. The van der Waals surface area contributed by atoms with E-state index in [1.54, 1.807) is 6.07 Å². The predicted molar refractivity (Wildman–Crippen MR) is 74.5 cm³/mol. The van der Waals surface area contributed by atoms with Crippen LogP contribution in [-0.4, -0.2) is 27.4 Å². The van der Waals surface area contributed by atoms with Gasteiger partial charge in [-0.15, -0.1) is 0 Å². The summed E-state index contributed by atoms with van der Waals surface area (Å²) in [5.74, 6) is -1.56. The van der Waals surface area contributed by atoms with E-state index < -0.39 is 22.3 Å². The van der Waals surface area contributed by atoms with Crippen LogP contribution in [0.2, 0.25) is 0 Å². The van der Waals surface area contributed by atoms with E-state index in [0.29, 0.717) is 18.4 Å². The third-order valence-corrected chi connectivity index (χ3v) is 3.49. The second-order valence-corrected chi connectivity index (χ2v) is 4.92. The Bertz CT molecular complexity index is 620. The quantitative estimate of drug-likeness (QED) is 0.487. The number of carboxylic acids is 1. The second kappa shape index (κ2) is 5.74. The number of nitrogens with one attached hydrogen (secondary N) is 1. The molecule has 0 aromatic heterocycles. The number of nitro benzene ring substituents is 1. The van der Waals surface area contributed by atoms with E-state index in [1.165, 1.54) is 30.4 Å². The summed E-state index contributed by atoms with van der Waals surface area (Å²) < 4.78 is 0. The van der Waals surface area contributed by atoms with Crippen molar-refractivity contribution >= 4 is 23.6 Å². The molecule has 0 saturated heterocycles. The van der Waals surface area contributed by atoms with Gasteiger partial charge in [0.25, 0.3) is 5.69 Å². The number of hydrogen-bond acceptors (Lipinski definition) is 4. The molecule has 0 spiro atoms. The standard InChI is InChI=1S/C14H14N2O5/c17-12(15-14(13(18)19)7-2-8-14)6-5-10-3-1-4-11(9-10)16(20)21/h1,3-6,9H,2,7-8H2,(H,15,17)(H,18,19)/b6-5+. The second-order valence-electron chi connectivity index (χ2n) is 4.92. The molecule has 0 heterocycles. The van der Waals surface area contributed by atoms with Crippen molar-refractivity contribution in [2.75, 3.05) is 0 Å². The molecule has 1 aromatic carbocycles. The van der Waals surface area contributed by atoms with Crippen LogP contribution < -0.4 is 5.32 Å². The molecule has 2 rings (SSSR count). The topological polar surface area (TPSA) is 110 Å². The number of non-ortho nitro benzene ring substituents is 1. The highest BCUT2D eigenvalue weighted by atomic mass is 16.6. The Labute approximate surface area is 120 Å². The molecule has 1 aliphatic carbocycles. The van der Waals surface area contributed by atoms with Crippen molar-refractivity contribution in [2.45, 2.75) is 24.8 Å². The van der Waals surface area contributed by atoms with E-state index in [1.807, 2.05) is 0 Å². The Kier molecular flexibility index (Phi) is 4.02. The molecule has 2 N–H and O–H groups in total. The molecule has 0 unspecified atom stereocenters. The van der Waals surface area contributed by atoms with E-state index in [-0.39, 0.29) is 5.69 Å². The van der Waals surface area contributed by atoms with Crippen LogP contribution in [0.15, 0.2) is 30.3 Å². The van der Waals surface area contributed by atoms with Crippen molar-refractivity contribution in [1.82, 2.24) is 5.32 Å². The fourth-order valence-corrected chi connectivity index (χ4v) is 2.11. The minimum absolute atomic E-state index is 0.0708. The summed E-state index contributed by atoms with van der Waals surface area (Å²) in [4.78, 5) is 33.0. The van der Waals surface area contributed by atoms with E-state index in [2.05, 4.69) is 5.32 Å². The first-order valence-electron chi connectivity index (χ1n) is 6.41. The molecular formula is C14H14N2O5. The first-order valence-corrected chi connectivity index (χ1v) is 6.41. The van der Waals surface area contributed by atoms with Crippen molar-refractivity contribution in [3.63, 3.8) is 0 Å². The van der Waals surface area contributed by atoms with Crippen LogP contribution in [0.4, 0.5) is 5.69 Å². The van der Waals surface area contributed by atoms with Crippen molar-refractivity contribution in [2.24, 2.45) is 0 Å². The van der Waals surface area contributed by atoms with E-state index in [9.17, 15) is 19.7 Å². The number of carboxylic acid groups (broad SMARTS) is 1. The SMILES string of the molecule is O=C(/C=C/c1cccc([N+](=O)[O-])c1)NC1(C(=O)O)CCC1. The number of benzene rings is 1. The van der Waals surface area contributed by atoms with E-state index in [4.69, 9.17) is 5.11 Å². The maximum Gasteiger partial charge on any atom is 0.329 e. The fraction of sp³-hybridized carbons (Fsp3) is 0.286. The highest BCUT2D eigenvalue weighted by Gasteiger charge is 2.45. The molecule has 0 atom stereocenters. The van der Waals surface area contributed by atoms with Gasteiger partial charge in [0.05, 0.1) is 4.92 Å². The number of aliphatic carboxylic acids is 1. The number of amides is 1. The fourth-order valence-electron chi connectivity index (χ4n) is 2.11. The average molecular weight is 290 g/mol. The zero-order valence-corrected chi connectivity index (χ0v) is 11.1. The number of carbonyl (C=O) groups excluding carboxylic acids is 1. The van der Waals surface area contributed by atoms with Gasteiger partial charge >= 0.3 is 5.97 Å². The van der Waals surface area contributed by atoms with Gasteiger partial charge in [-0.25, -0.2) is 4.79 Å². The minimum atomic E-state index is -1.16. The number of rotatable bonds is 5. The summed E-state index contributed by atoms with van der Waals surface area (Å²) in [6, 6.07) is 5.82. The van der Waals surface area contributed by atoms with Crippen LogP contribution in [0.25, 0.3) is 6.08 Å². The molecular weight excluding hydrogens is 276 g/mol. The highest BCUT2D eigenvalue weighted by Crippen LogP contribution is 2.32. The third kappa shape index (κ3) is 3.25. The molecule has 7 nitrogen and oxygen atoms in total. The molecule has 1 amide bonds. The van der Waals surface area contributed by atoms with Gasteiger partial charge in [-0.2, -0.15) is 0 Å². The zero-order chi connectivity index (χ0) is 15.5. The lowest BCUT2D eigenvalue weighted by Crippen LogP contribution is -2.58. The normalized spacial score (nSPS) is 16.2. The first kappa shape index (κ1) is 14.7. The van der Waals surface area contributed by atoms with Gasteiger partial charge in [-0.3, -0.25) is 14.9 Å². The number of carbonyl (C=O) groups is 2. The highest BCUT2D eigenvalue weighted by molar-refractivity contribution is 5.96. The third-order valence-electron chi connectivity index (χ3n) is 3.49. The summed E-state index contributed by atoms with van der Waals surface area (Å²) in [6.45, 7) is 0. The Morgan fingerprint density at radius 2 is 2.10 bits per heavy atom. The lowest BCUT2D eigenvalue weighted by molar-refractivity contribution is -0.384. The van der Waals surface area contributed by atoms with Gasteiger partial charge < -0.3 is 10.4 Å². The summed E-state index contributed by atoms with van der Waals surface area (Å²) in [5.41, 5.74) is -0.736. The first-order chi connectivity index (χ1) is 9.93. The Hall–Kier alpha value is -2.70. The maximum absolute atomic E-state index is 11.8. The molecule has 1 aromatic rings.